The minimum atomic E-state index is -3.27. The summed E-state index contributed by atoms with van der Waals surface area (Å²) in [5.41, 5.74) is 5.79. The van der Waals surface area contributed by atoms with Crippen molar-refractivity contribution < 1.29 is 13.2 Å². The van der Waals surface area contributed by atoms with E-state index in [0.29, 0.717) is 39.1 Å². The van der Waals surface area contributed by atoms with E-state index in [2.05, 4.69) is 0 Å². The first-order valence-corrected chi connectivity index (χ1v) is 7.84. The Morgan fingerprint density at radius 2 is 1.71 bits per heavy atom. The summed E-state index contributed by atoms with van der Waals surface area (Å²) in [5.74, 6) is 0. The second-order valence-electron chi connectivity index (χ2n) is 4.96. The number of rotatable bonds is 3. The van der Waals surface area contributed by atoms with Crippen LogP contribution in [0.2, 0.25) is 0 Å². The summed E-state index contributed by atoms with van der Waals surface area (Å²) in [7, 11) is -3.27. The van der Waals surface area contributed by atoms with Crippen LogP contribution in [0.4, 0.5) is 0 Å². The van der Waals surface area contributed by atoms with Crippen LogP contribution in [0, 0.1) is 0 Å². The molecule has 0 unspecified atom stereocenters. The molecule has 0 aromatic carbocycles. The zero-order chi connectivity index (χ0) is 12.4. The van der Waals surface area contributed by atoms with Crippen LogP contribution in [0.5, 0.6) is 0 Å². The molecule has 1 saturated heterocycles. The largest absolute Gasteiger partial charge is 0.379 e. The fraction of sp³-hybridized carbons (Fsp3) is 1.00. The molecular weight excluding hydrogens is 240 g/mol. The van der Waals surface area contributed by atoms with Crippen LogP contribution >= 0.6 is 0 Å². The Morgan fingerprint density at radius 3 is 2.24 bits per heavy atom. The van der Waals surface area contributed by atoms with Gasteiger partial charge in [0.25, 0.3) is 0 Å². The Labute approximate surface area is 103 Å². The molecule has 0 spiro atoms. The number of ether oxygens (including phenoxy) is 1. The zero-order valence-corrected chi connectivity index (χ0v) is 11.0. The van der Waals surface area contributed by atoms with Gasteiger partial charge in [0.15, 0.2) is 0 Å². The van der Waals surface area contributed by atoms with Gasteiger partial charge in [0.1, 0.15) is 0 Å². The molecule has 1 aliphatic carbocycles. The van der Waals surface area contributed by atoms with Crippen molar-refractivity contribution in [1.29, 1.82) is 0 Å². The first-order valence-electron chi connectivity index (χ1n) is 6.40. The van der Waals surface area contributed by atoms with E-state index < -0.39 is 14.8 Å². The highest BCUT2D eigenvalue weighted by atomic mass is 32.2. The first kappa shape index (κ1) is 13.3. The molecule has 17 heavy (non-hydrogen) atoms. The SMILES string of the molecule is NCC1(S(=O)(=O)N2CCOCC2)CCCCC1. The quantitative estimate of drug-likeness (QED) is 0.794. The van der Waals surface area contributed by atoms with Crippen molar-refractivity contribution in [3.8, 4) is 0 Å². The van der Waals surface area contributed by atoms with E-state index in [1.165, 1.54) is 0 Å². The summed E-state index contributed by atoms with van der Waals surface area (Å²) in [5, 5.41) is 0. The lowest BCUT2D eigenvalue weighted by atomic mass is 9.88. The summed E-state index contributed by atoms with van der Waals surface area (Å²) in [6.45, 7) is 2.20. The van der Waals surface area contributed by atoms with Gasteiger partial charge in [-0.05, 0) is 12.8 Å². The lowest BCUT2D eigenvalue weighted by Crippen LogP contribution is -2.56. The van der Waals surface area contributed by atoms with Crippen LogP contribution < -0.4 is 5.73 Å². The third kappa shape index (κ3) is 2.36. The van der Waals surface area contributed by atoms with Crippen LogP contribution in [0.25, 0.3) is 0 Å². The molecule has 2 aliphatic rings. The van der Waals surface area contributed by atoms with E-state index in [-0.39, 0.29) is 6.54 Å². The van der Waals surface area contributed by atoms with Gasteiger partial charge in [-0.15, -0.1) is 0 Å². The van der Waals surface area contributed by atoms with Gasteiger partial charge in [-0.2, -0.15) is 4.31 Å². The molecule has 0 aromatic heterocycles. The van der Waals surface area contributed by atoms with E-state index in [1.54, 1.807) is 4.31 Å². The van der Waals surface area contributed by atoms with E-state index in [9.17, 15) is 8.42 Å². The summed E-state index contributed by atoms with van der Waals surface area (Å²) >= 11 is 0. The summed E-state index contributed by atoms with van der Waals surface area (Å²) in [6, 6.07) is 0. The highest BCUT2D eigenvalue weighted by molar-refractivity contribution is 7.90. The number of nitrogens with two attached hydrogens (primary N) is 1. The smallest absolute Gasteiger partial charge is 0.221 e. The maximum absolute atomic E-state index is 12.7. The second kappa shape index (κ2) is 5.22. The van der Waals surface area contributed by atoms with Crippen LogP contribution in [0.3, 0.4) is 0 Å². The maximum atomic E-state index is 12.7. The van der Waals surface area contributed by atoms with E-state index in [0.717, 1.165) is 19.3 Å². The number of morpholine rings is 1. The molecule has 1 saturated carbocycles. The Hall–Kier alpha value is -0.170. The molecule has 1 aliphatic heterocycles. The van der Waals surface area contributed by atoms with Gasteiger partial charge in [0.05, 0.1) is 18.0 Å². The average molecular weight is 262 g/mol. The minimum absolute atomic E-state index is 0.243. The Bertz CT molecular complexity index is 344. The molecule has 0 amide bonds. The Morgan fingerprint density at radius 1 is 1.12 bits per heavy atom. The predicted molar refractivity (Wildman–Crippen MR) is 66.2 cm³/mol. The monoisotopic (exact) mass is 262 g/mol. The zero-order valence-electron chi connectivity index (χ0n) is 10.2. The lowest BCUT2D eigenvalue weighted by molar-refractivity contribution is 0.0713. The molecule has 0 aromatic rings. The maximum Gasteiger partial charge on any atom is 0.221 e. The third-order valence-electron chi connectivity index (χ3n) is 3.99. The van der Waals surface area contributed by atoms with Gasteiger partial charge in [0, 0.05) is 19.6 Å². The molecule has 5 nitrogen and oxygen atoms in total. The fourth-order valence-corrected chi connectivity index (χ4v) is 5.02. The predicted octanol–water partition coefficient (Wildman–Crippen LogP) is 0.310. The Balaban J connectivity index is 2.21. The van der Waals surface area contributed by atoms with Crippen molar-refractivity contribution in [2.75, 3.05) is 32.8 Å². The molecule has 2 rings (SSSR count). The van der Waals surface area contributed by atoms with Crippen LogP contribution in [-0.2, 0) is 14.8 Å². The van der Waals surface area contributed by atoms with Gasteiger partial charge in [-0.3, -0.25) is 0 Å². The fourth-order valence-electron chi connectivity index (χ4n) is 2.82. The normalized spacial score (nSPS) is 26.9. The lowest BCUT2D eigenvalue weighted by Gasteiger charge is -2.40. The molecule has 6 heteroatoms. The molecule has 2 N–H and O–H groups in total. The average Bonchev–Trinajstić information content (AvgIpc) is 2.40. The van der Waals surface area contributed by atoms with Gasteiger partial charge < -0.3 is 10.5 Å². The summed E-state index contributed by atoms with van der Waals surface area (Å²) in [6.07, 6.45) is 4.49. The van der Waals surface area contributed by atoms with E-state index in [1.807, 2.05) is 0 Å². The van der Waals surface area contributed by atoms with Crippen molar-refractivity contribution in [3.05, 3.63) is 0 Å². The van der Waals surface area contributed by atoms with Crippen LogP contribution in [0.15, 0.2) is 0 Å². The molecule has 0 atom stereocenters. The van der Waals surface area contributed by atoms with Gasteiger partial charge in [-0.25, -0.2) is 8.42 Å². The molecular formula is C11H22N2O3S. The number of hydrogen-bond acceptors (Lipinski definition) is 4. The van der Waals surface area contributed by atoms with Crippen molar-refractivity contribution in [2.45, 2.75) is 36.9 Å². The third-order valence-corrected chi connectivity index (χ3v) is 6.71. The first-order chi connectivity index (χ1) is 8.12. The number of hydrogen-bond donors (Lipinski definition) is 1. The topological polar surface area (TPSA) is 72.6 Å². The van der Waals surface area contributed by atoms with E-state index in [4.69, 9.17) is 10.5 Å². The van der Waals surface area contributed by atoms with Gasteiger partial charge in [0.2, 0.25) is 10.0 Å². The van der Waals surface area contributed by atoms with Gasteiger partial charge in [-0.1, -0.05) is 19.3 Å². The standard InChI is InChI=1S/C11H22N2O3S/c12-10-11(4-2-1-3-5-11)17(14,15)13-6-8-16-9-7-13/h1-10,12H2. The molecule has 1 heterocycles. The van der Waals surface area contributed by atoms with Gasteiger partial charge >= 0.3 is 0 Å². The highest BCUT2D eigenvalue weighted by Crippen LogP contribution is 2.36. The second-order valence-corrected chi connectivity index (χ2v) is 7.30. The Kier molecular flexibility index (Phi) is 4.07. The van der Waals surface area contributed by atoms with Crippen molar-refractivity contribution in [3.63, 3.8) is 0 Å². The van der Waals surface area contributed by atoms with Crippen molar-refractivity contribution in [1.82, 2.24) is 4.31 Å². The van der Waals surface area contributed by atoms with E-state index >= 15 is 0 Å². The molecule has 0 radical (unpaired) electrons. The van der Waals surface area contributed by atoms with Crippen LogP contribution in [-0.4, -0.2) is 50.3 Å². The van der Waals surface area contributed by atoms with Crippen LogP contribution in [0.1, 0.15) is 32.1 Å². The van der Waals surface area contributed by atoms with Crippen molar-refractivity contribution in [2.24, 2.45) is 5.73 Å². The molecule has 0 bridgehead atoms. The minimum Gasteiger partial charge on any atom is -0.379 e. The summed E-state index contributed by atoms with van der Waals surface area (Å²) in [4.78, 5) is 0. The molecule has 100 valence electrons. The number of sulfonamides is 1. The molecule has 2 fully saturated rings. The number of nitrogens with zero attached hydrogens (tertiary/aromatic N) is 1. The highest BCUT2D eigenvalue weighted by Gasteiger charge is 2.46. The summed E-state index contributed by atoms with van der Waals surface area (Å²) < 4.78 is 31.5. The van der Waals surface area contributed by atoms with Crippen molar-refractivity contribution >= 4 is 10.0 Å².